The lowest BCUT2D eigenvalue weighted by atomic mass is 10.2. The zero-order valence-electron chi connectivity index (χ0n) is 13.0. The summed E-state index contributed by atoms with van der Waals surface area (Å²) in [7, 11) is 3.22. The molecular formula is C15H17N5O3. The van der Waals surface area contributed by atoms with E-state index in [-0.39, 0.29) is 0 Å². The molecule has 1 aliphatic heterocycles. The number of anilines is 1. The summed E-state index contributed by atoms with van der Waals surface area (Å²) in [5, 5.41) is 9.17. The van der Waals surface area contributed by atoms with Crippen molar-refractivity contribution in [1.82, 2.24) is 19.6 Å². The summed E-state index contributed by atoms with van der Waals surface area (Å²) < 4.78 is 18.1. The molecular weight excluding hydrogens is 298 g/mol. The first kappa shape index (κ1) is 14.0. The minimum Gasteiger partial charge on any atom is -0.493 e. The molecule has 3 aromatic rings. The minimum absolute atomic E-state index is 0.643. The van der Waals surface area contributed by atoms with Crippen LogP contribution in [0.15, 0.2) is 18.5 Å². The first-order valence-corrected chi connectivity index (χ1v) is 7.40. The second-order valence-corrected chi connectivity index (χ2v) is 5.26. The van der Waals surface area contributed by atoms with Gasteiger partial charge in [-0.2, -0.15) is 0 Å². The number of nitrogens with zero attached hydrogens (tertiary/aromatic N) is 5. The summed E-state index contributed by atoms with van der Waals surface area (Å²) >= 11 is 0. The molecule has 8 heteroatoms. The lowest BCUT2D eigenvalue weighted by molar-refractivity contribution is 0.122. The zero-order chi connectivity index (χ0) is 15.8. The van der Waals surface area contributed by atoms with Crippen LogP contribution in [0.4, 0.5) is 5.95 Å². The van der Waals surface area contributed by atoms with Crippen LogP contribution in [0.5, 0.6) is 11.5 Å². The molecule has 1 fully saturated rings. The van der Waals surface area contributed by atoms with Gasteiger partial charge in [-0.1, -0.05) is 0 Å². The minimum atomic E-state index is 0.643. The Balaban J connectivity index is 1.97. The zero-order valence-corrected chi connectivity index (χ0v) is 13.0. The molecule has 2 aromatic heterocycles. The van der Waals surface area contributed by atoms with E-state index in [9.17, 15) is 0 Å². The number of methoxy groups -OCH3 is 2. The van der Waals surface area contributed by atoms with Gasteiger partial charge in [-0.25, -0.2) is 4.98 Å². The second-order valence-electron chi connectivity index (χ2n) is 5.26. The van der Waals surface area contributed by atoms with E-state index >= 15 is 0 Å². The monoisotopic (exact) mass is 315 g/mol. The van der Waals surface area contributed by atoms with Crippen molar-refractivity contribution in [1.29, 1.82) is 0 Å². The van der Waals surface area contributed by atoms with E-state index in [2.05, 4.69) is 15.1 Å². The number of morpholine rings is 1. The van der Waals surface area contributed by atoms with Gasteiger partial charge in [0.1, 0.15) is 6.33 Å². The third-order valence-corrected chi connectivity index (χ3v) is 4.02. The van der Waals surface area contributed by atoms with Crippen molar-refractivity contribution in [2.24, 2.45) is 0 Å². The SMILES string of the molecule is COc1cc2nc(N3CCOCC3)n3cnnc3c2cc1OC. The molecule has 0 radical (unpaired) electrons. The van der Waals surface area contributed by atoms with Gasteiger partial charge in [0.15, 0.2) is 17.1 Å². The highest BCUT2D eigenvalue weighted by molar-refractivity contribution is 5.94. The van der Waals surface area contributed by atoms with Crippen molar-refractivity contribution in [3.05, 3.63) is 18.5 Å². The molecule has 0 unspecified atom stereocenters. The topological polar surface area (TPSA) is 74.0 Å². The Morgan fingerprint density at radius 1 is 1.09 bits per heavy atom. The maximum Gasteiger partial charge on any atom is 0.213 e. The van der Waals surface area contributed by atoms with Crippen molar-refractivity contribution in [2.75, 3.05) is 45.4 Å². The van der Waals surface area contributed by atoms with Crippen LogP contribution in [-0.2, 0) is 4.74 Å². The van der Waals surface area contributed by atoms with Crippen molar-refractivity contribution in [3.63, 3.8) is 0 Å². The van der Waals surface area contributed by atoms with Crippen molar-refractivity contribution in [2.45, 2.75) is 0 Å². The average molecular weight is 315 g/mol. The first-order valence-electron chi connectivity index (χ1n) is 7.40. The van der Waals surface area contributed by atoms with E-state index in [4.69, 9.17) is 19.2 Å². The second kappa shape index (κ2) is 5.54. The number of hydrogen-bond acceptors (Lipinski definition) is 7. The van der Waals surface area contributed by atoms with Gasteiger partial charge in [-0.05, 0) is 6.07 Å². The smallest absolute Gasteiger partial charge is 0.213 e. The van der Waals surface area contributed by atoms with E-state index in [0.29, 0.717) is 24.7 Å². The predicted octanol–water partition coefficient (Wildman–Crippen LogP) is 1.13. The number of fused-ring (bicyclic) bond motifs is 3. The Kier molecular flexibility index (Phi) is 3.38. The molecule has 0 atom stereocenters. The highest BCUT2D eigenvalue weighted by atomic mass is 16.5. The number of benzene rings is 1. The molecule has 23 heavy (non-hydrogen) atoms. The summed E-state index contributed by atoms with van der Waals surface area (Å²) in [5.74, 6) is 2.10. The Bertz CT molecular complexity index is 857. The fourth-order valence-electron chi connectivity index (χ4n) is 2.85. The molecule has 1 aromatic carbocycles. The maximum absolute atomic E-state index is 5.42. The quantitative estimate of drug-likeness (QED) is 0.717. The standard InChI is InChI=1S/C15H17N5O3/c1-21-12-7-10-11(8-13(12)22-2)17-15(19-3-5-23-6-4-19)20-9-16-18-14(10)20/h7-9H,3-6H2,1-2H3. The van der Waals surface area contributed by atoms with Crippen LogP contribution < -0.4 is 14.4 Å². The van der Waals surface area contributed by atoms with Gasteiger partial charge in [0, 0.05) is 24.5 Å². The summed E-state index contributed by atoms with van der Waals surface area (Å²) in [5.41, 5.74) is 1.54. The molecule has 0 aliphatic carbocycles. The van der Waals surface area contributed by atoms with Crippen LogP contribution in [-0.4, -0.2) is 60.1 Å². The fraction of sp³-hybridized carbons (Fsp3) is 0.400. The Morgan fingerprint density at radius 2 is 1.83 bits per heavy atom. The van der Waals surface area contributed by atoms with Crippen LogP contribution in [0, 0.1) is 0 Å². The van der Waals surface area contributed by atoms with E-state index in [0.717, 1.165) is 35.6 Å². The lowest BCUT2D eigenvalue weighted by Crippen LogP contribution is -2.37. The third-order valence-electron chi connectivity index (χ3n) is 4.02. The van der Waals surface area contributed by atoms with Gasteiger partial charge in [0.2, 0.25) is 5.95 Å². The summed E-state index contributed by atoms with van der Waals surface area (Å²) in [6, 6.07) is 3.75. The first-order chi connectivity index (χ1) is 11.3. The molecule has 120 valence electrons. The maximum atomic E-state index is 5.42. The molecule has 0 N–H and O–H groups in total. The summed E-state index contributed by atoms with van der Waals surface area (Å²) in [6.07, 6.45) is 1.68. The van der Waals surface area contributed by atoms with Gasteiger partial charge < -0.3 is 19.1 Å². The van der Waals surface area contributed by atoms with Gasteiger partial charge in [-0.3, -0.25) is 4.40 Å². The van der Waals surface area contributed by atoms with Gasteiger partial charge in [0.05, 0.1) is 33.0 Å². The largest absolute Gasteiger partial charge is 0.493 e. The van der Waals surface area contributed by atoms with E-state index in [1.54, 1.807) is 20.5 Å². The molecule has 1 saturated heterocycles. The van der Waals surface area contributed by atoms with Gasteiger partial charge in [0.25, 0.3) is 0 Å². The molecule has 0 bridgehead atoms. The fourth-order valence-corrected chi connectivity index (χ4v) is 2.85. The highest BCUT2D eigenvalue weighted by Crippen LogP contribution is 2.34. The average Bonchev–Trinajstić information content (AvgIpc) is 3.10. The van der Waals surface area contributed by atoms with E-state index < -0.39 is 0 Å². The molecule has 0 saturated carbocycles. The molecule has 1 aliphatic rings. The Hall–Kier alpha value is -2.61. The molecule has 8 nitrogen and oxygen atoms in total. The van der Waals surface area contributed by atoms with Crippen molar-refractivity contribution >= 4 is 22.5 Å². The number of ether oxygens (including phenoxy) is 3. The number of aromatic nitrogens is 4. The van der Waals surface area contributed by atoms with Crippen LogP contribution in [0.25, 0.3) is 16.6 Å². The van der Waals surface area contributed by atoms with Crippen LogP contribution >= 0.6 is 0 Å². The molecule has 3 heterocycles. The third kappa shape index (κ3) is 2.22. The van der Waals surface area contributed by atoms with Crippen molar-refractivity contribution in [3.8, 4) is 11.5 Å². The summed E-state index contributed by atoms with van der Waals surface area (Å²) in [4.78, 5) is 6.98. The number of rotatable bonds is 3. The van der Waals surface area contributed by atoms with Gasteiger partial charge >= 0.3 is 0 Å². The van der Waals surface area contributed by atoms with Crippen LogP contribution in [0.3, 0.4) is 0 Å². The van der Waals surface area contributed by atoms with Crippen molar-refractivity contribution < 1.29 is 14.2 Å². The van der Waals surface area contributed by atoms with E-state index in [1.807, 2.05) is 16.5 Å². The highest BCUT2D eigenvalue weighted by Gasteiger charge is 2.19. The molecule has 0 amide bonds. The number of hydrogen-bond donors (Lipinski definition) is 0. The lowest BCUT2D eigenvalue weighted by Gasteiger charge is -2.28. The van der Waals surface area contributed by atoms with Gasteiger partial charge in [-0.15, -0.1) is 10.2 Å². The van der Waals surface area contributed by atoms with Crippen LogP contribution in [0.1, 0.15) is 0 Å². The normalized spacial score (nSPS) is 15.3. The predicted molar refractivity (Wildman–Crippen MR) is 84.4 cm³/mol. The van der Waals surface area contributed by atoms with Crippen LogP contribution in [0.2, 0.25) is 0 Å². The molecule has 4 rings (SSSR count). The Labute approximate surface area is 132 Å². The Morgan fingerprint density at radius 3 is 2.57 bits per heavy atom. The summed E-state index contributed by atoms with van der Waals surface area (Å²) in [6.45, 7) is 2.96. The van der Waals surface area contributed by atoms with E-state index in [1.165, 1.54) is 0 Å². The molecule has 0 spiro atoms.